The molecule has 0 spiro atoms. The van der Waals surface area contributed by atoms with Crippen molar-refractivity contribution in [2.24, 2.45) is 0 Å². The van der Waals surface area contributed by atoms with Crippen LogP contribution < -0.4 is 4.74 Å². The van der Waals surface area contributed by atoms with Crippen LogP contribution in [0.5, 0.6) is 5.75 Å². The molecular formula is C18H19ClN6O3. The van der Waals surface area contributed by atoms with Crippen molar-refractivity contribution in [1.29, 1.82) is 0 Å². The molecule has 1 amide bonds. The molecule has 1 aliphatic rings. The fourth-order valence-electron chi connectivity index (χ4n) is 3.33. The van der Waals surface area contributed by atoms with Gasteiger partial charge in [-0.15, -0.1) is 5.10 Å². The number of ether oxygens (including phenoxy) is 1. The molecule has 0 radical (unpaired) electrons. The summed E-state index contributed by atoms with van der Waals surface area (Å²) in [6, 6.07) is 5.05. The molecule has 0 bridgehead atoms. The Balaban J connectivity index is 1.53. The molecule has 0 aliphatic carbocycles. The van der Waals surface area contributed by atoms with E-state index in [1.165, 1.54) is 7.11 Å². The third-order valence-corrected chi connectivity index (χ3v) is 4.95. The summed E-state index contributed by atoms with van der Waals surface area (Å²) in [5, 5.41) is 12.7. The number of aryl methyl sites for hydroxylation is 1. The number of carbonyl (C=O) groups excluding carboxylic acids is 1. The minimum atomic E-state index is -0.113. The van der Waals surface area contributed by atoms with Crippen LogP contribution >= 0.6 is 11.6 Å². The van der Waals surface area contributed by atoms with E-state index < -0.39 is 0 Å². The molecular weight excluding hydrogens is 384 g/mol. The Labute approximate surface area is 166 Å². The van der Waals surface area contributed by atoms with E-state index >= 15 is 0 Å². The number of piperidine rings is 1. The highest BCUT2D eigenvalue weighted by atomic mass is 35.5. The second-order valence-corrected chi connectivity index (χ2v) is 7.05. The summed E-state index contributed by atoms with van der Waals surface area (Å²) in [6.45, 7) is 2.90. The van der Waals surface area contributed by atoms with E-state index in [-0.39, 0.29) is 11.9 Å². The second-order valence-electron chi connectivity index (χ2n) is 6.61. The van der Waals surface area contributed by atoms with Crippen molar-refractivity contribution in [3.8, 4) is 17.3 Å². The molecule has 3 aromatic rings. The van der Waals surface area contributed by atoms with Gasteiger partial charge < -0.3 is 14.2 Å². The Hall–Kier alpha value is -2.94. The average Bonchev–Trinajstić information content (AvgIpc) is 3.36. The number of likely N-dealkylation sites (tertiary alicyclic amines) is 1. The normalized spacial score (nSPS) is 17.0. The van der Waals surface area contributed by atoms with Crippen molar-refractivity contribution in [3.63, 3.8) is 0 Å². The first-order valence-electron chi connectivity index (χ1n) is 8.90. The number of nitrogens with zero attached hydrogens (tertiary/aromatic N) is 6. The zero-order valence-corrected chi connectivity index (χ0v) is 16.3. The number of carbonyl (C=O) groups is 1. The lowest BCUT2D eigenvalue weighted by atomic mass is 10.0. The topological polar surface area (TPSA) is 99.2 Å². The van der Waals surface area contributed by atoms with Crippen LogP contribution in [0.15, 0.2) is 28.9 Å². The summed E-state index contributed by atoms with van der Waals surface area (Å²) < 4.78 is 12.1. The first-order valence-corrected chi connectivity index (χ1v) is 9.28. The van der Waals surface area contributed by atoms with Gasteiger partial charge in [0.25, 0.3) is 5.91 Å². The molecule has 9 nitrogen and oxygen atoms in total. The Kier molecular flexibility index (Phi) is 4.99. The number of hydrogen-bond donors (Lipinski definition) is 0. The molecule has 1 atom stereocenters. The molecule has 1 fully saturated rings. The first kappa shape index (κ1) is 18.4. The van der Waals surface area contributed by atoms with Gasteiger partial charge in [-0.25, -0.2) is 4.68 Å². The molecule has 10 heteroatoms. The van der Waals surface area contributed by atoms with Gasteiger partial charge in [-0.1, -0.05) is 22.0 Å². The van der Waals surface area contributed by atoms with E-state index in [1.807, 2.05) is 0 Å². The third-order valence-electron chi connectivity index (χ3n) is 4.72. The zero-order valence-electron chi connectivity index (χ0n) is 15.5. The van der Waals surface area contributed by atoms with E-state index in [9.17, 15) is 4.79 Å². The molecule has 3 heterocycles. The summed E-state index contributed by atoms with van der Waals surface area (Å²) in [4.78, 5) is 19.0. The zero-order chi connectivity index (χ0) is 19.7. The van der Waals surface area contributed by atoms with Crippen molar-refractivity contribution in [2.45, 2.75) is 25.8 Å². The van der Waals surface area contributed by atoms with Gasteiger partial charge in [-0.3, -0.25) is 4.79 Å². The summed E-state index contributed by atoms with van der Waals surface area (Å²) in [6.07, 6.45) is 3.53. The van der Waals surface area contributed by atoms with Crippen LogP contribution in [-0.2, 0) is 0 Å². The van der Waals surface area contributed by atoms with Gasteiger partial charge in [0.15, 0.2) is 5.69 Å². The summed E-state index contributed by atoms with van der Waals surface area (Å²) in [7, 11) is 1.54. The Morgan fingerprint density at radius 3 is 3.00 bits per heavy atom. The van der Waals surface area contributed by atoms with Gasteiger partial charge in [-0.05, 0) is 31.0 Å². The maximum atomic E-state index is 13.0. The maximum absolute atomic E-state index is 13.0. The summed E-state index contributed by atoms with van der Waals surface area (Å²) in [5.74, 6) is 1.26. The number of rotatable bonds is 4. The van der Waals surface area contributed by atoms with Gasteiger partial charge in [0.05, 0.1) is 24.9 Å². The lowest BCUT2D eigenvalue weighted by Crippen LogP contribution is -2.41. The van der Waals surface area contributed by atoms with Crippen molar-refractivity contribution in [3.05, 3.63) is 40.9 Å². The number of aromatic nitrogens is 5. The van der Waals surface area contributed by atoms with Crippen LogP contribution in [0.3, 0.4) is 0 Å². The highest BCUT2D eigenvalue weighted by Crippen LogP contribution is 2.28. The molecule has 28 heavy (non-hydrogen) atoms. The molecule has 4 rings (SSSR count). The quantitative estimate of drug-likeness (QED) is 0.661. The second kappa shape index (κ2) is 7.59. The van der Waals surface area contributed by atoms with Gasteiger partial charge in [0, 0.05) is 25.0 Å². The Morgan fingerprint density at radius 2 is 2.25 bits per heavy atom. The first-order chi connectivity index (χ1) is 13.5. The highest BCUT2D eigenvalue weighted by Gasteiger charge is 2.28. The number of amides is 1. The summed E-state index contributed by atoms with van der Waals surface area (Å²) >= 11 is 6.08. The SMILES string of the molecule is COc1ccc(Cl)cc1C(=O)N1CCC[C@@H](n2cc(-c3noc(C)n3)nn2)C1. The van der Waals surface area contributed by atoms with Crippen molar-refractivity contribution < 1.29 is 14.1 Å². The molecule has 146 valence electrons. The molecule has 0 N–H and O–H groups in total. The van der Waals surface area contributed by atoms with Crippen LogP contribution in [0.25, 0.3) is 11.5 Å². The van der Waals surface area contributed by atoms with Gasteiger partial charge in [0.1, 0.15) is 5.75 Å². The van der Waals surface area contributed by atoms with Crippen LogP contribution in [0.4, 0.5) is 0 Å². The van der Waals surface area contributed by atoms with E-state index in [2.05, 4.69) is 20.5 Å². The largest absolute Gasteiger partial charge is 0.496 e. The predicted octanol–water partition coefficient (Wildman–Crippen LogP) is 2.78. The third kappa shape index (κ3) is 3.57. The fourth-order valence-corrected chi connectivity index (χ4v) is 3.51. The van der Waals surface area contributed by atoms with Crippen LogP contribution in [0.2, 0.25) is 5.02 Å². The van der Waals surface area contributed by atoms with Crippen LogP contribution in [0, 0.1) is 6.92 Å². The molecule has 0 saturated carbocycles. The minimum Gasteiger partial charge on any atom is -0.496 e. The molecule has 1 saturated heterocycles. The molecule has 1 aliphatic heterocycles. The monoisotopic (exact) mass is 402 g/mol. The van der Waals surface area contributed by atoms with Crippen molar-refractivity contribution in [1.82, 2.24) is 30.0 Å². The highest BCUT2D eigenvalue weighted by molar-refractivity contribution is 6.31. The van der Waals surface area contributed by atoms with E-state index in [0.717, 1.165) is 12.8 Å². The van der Waals surface area contributed by atoms with Gasteiger partial charge >= 0.3 is 0 Å². The fraction of sp³-hybridized carbons (Fsp3) is 0.389. The number of methoxy groups -OCH3 is 1. The van der Waals surface area contributed by atoms with Crippen molar-refractivity contribution >= 4 is 17.5 Å². The smallest absolute Gasteiger partial charge is 0.257 e. The van der Waals surface area contributed by atoms with Crippen LogP contribution in [0.1, 0.15) is 35.1 Å². The number of hydrogen-bond acceptors (Lipinski definition) is 7. The number of halogens is 1. The standard InChI is InChI=1S/C18H19ClN6O3/c1-11-20-17(22-28-11)15-10-25(23-21-15)13-4-3-7-24(9-13)18(26)14-8-12(19)5-6-16(14)27-2/h5-6,8,10,13H,3-4,7,9H2,1-2H3/t13-/m1/s1. The average molecular weight is 403 g/mol. The number of benzene rings is 1. The van der Waals surface area contributed by atoms with Gasteiger partial charge in [0.2, 0.25) is 11.7 Å². The summed E-state index contributed by atoms with van der Waals surface area (Å²) in [5.41, 5.74) is 0.994. The predicted molar refractivity (Wildman–Crippen MR) is 100 cm³/mol. The molecule has 0 unspecified atom stereocenters. The minimum absolute atomic E-state index is 0.0112. The lowest BCUT2D eigenvalue weighted by molar-refractivity contribution is 0.0668. The van der Waals surface area contributed by atoms with E-state index in [1.54, 1.807) is 40.9 Å². The van der Waals surface area contributed by atoms with Crippen LogP contribution in [-0.4, -0.2) is 56.1 Å². The Morgan fingerprint density at radius 1 is 1.39 bits per heavy atom. The van der Waals surface area contributed by atoms with E-state index in [0.29, 0.717) is 46.8 Å². The van der Waals surface area contributed by atoms with E-state index in [4.69, 9.17) is 20.9 Å². The Bertz CT molecular complexity index is 1000. The maximum Gasteiger partial charge on any atom is 0.257 e. The lowest BCUT2D eigenvalue weighted by Gasteiger charge is -2.32. The van der Waals surface area contributed by atoms with Crippen molar-refractivity contribution in [2.75, 3.05) is 20.2 Å². The van der Waals surface area contributed by atoms with Gasteiger partial charge in [-0.2, -0.15) is 4.98 Å². The molecule has 2 aromatic heterocycles. The molecule has 1 aromatic carbocycles.